The summed E-state index contributed by atoms with van der Waals surface area (Å²) in [6, 6.07) is 8.69. The second-order valence-corrected chi connectivity index (χ2v) is 6.61. The highest BCUT2D eigenvalue weighted by molar-refractivity contribution is 7.89. The van der Waals surface area contributed by atoms with Crippen molar-refractivity contribution in [2.24, 2.45) is 5.92 Å². The predicted octanol–water partition coefficient (Wildman–Crippen LogP) is 2.54. The van der Waals surface area contributed by atoms with E-state index in [1.165, 1.54) is 0 Å². The molecule has 0 spiro atoms. The molecule has 0 bridgehead atoms. The number of nitrogens with one attached hydrogen (secondary N) is 1. The molecule has 0 radical (unpaired) electrons. The van der Waals surface area contributed by atoms with Crippen LogP contribution in [0.5, 0.6) is 0 Å². The molecule has 0 amide bonds. The summed E-state index contributed by atoms with van der Waals surface area (Å²) in [5.74, 6) is 0.729. The first-order valence-electron chi connectivity index (χ1n) is 6.15. The minimum absolute atomic E-state index is 0.108. The molecular weight excluding hydrogens is 234 g/mol. The predicted molar refractivity (Wildman–Crippen MR) is 68.2 cm³/mol. The molecule has 1 saturated carbocycles. The molecule has 3 nitrogen and oxygen atoms in total. The van der Waals surface area contributed by atoms with Crippen LogP contribution in [-0.4, -0.2) is 14.5 Å². The molecule has 17 heavy (non-hydrogen) atoms. The van der Waals surface area contributed by atoms with Crippen LogP contribution in [0, 0.1) is 5.92 Å². The van der Waals surface area contributed by atoms with Gasteiger partial charge in [-0.2, -0.15) is 0 Å². The van der Waals surface area contributed by atoms with Crippen molar-refractivity contribution in [3.63, 3.8) is 0 Å². The van der Waals surface area contributed by atoms with E-state index in [2.05, 4.69) is 11.6 Å². The summed E-state index contributed by atoms with van der Waals surface area (Å²) >= 11 is 0. The van der Waals surface area contributed by atoms with Crippen LogP contribution in [-0.2, 0) is 10.0 Å². The monoisotopic (exact) mass is 253 g/mol. The van der Waals surface area contributed by atoms with Crippen molar-refractivity contribution >= 4 is 10.0 Å². The van der Waals surface area contributed by atoms with E-state index in [9.17, 15) is 8.42 Å². The highest BCUT2D eigenvalue weighted by Crippen LogP contribution is 2.24. The van der Waals surface area contributed by atoms with E-state index in [1.807, 2.05) is 6.07 Å². The van der Waals surface area contributed by atoms with E-state index < -0.39 is 10.0 Å². The third-order valence-corrected chi connectivity index (χ3v) is 4.93. The van der Waals surface area contributed by atoms with Gasteiger partial charge in [0.25, 0.3) is 0 Å². The minimum atomic E-state index is -3.33. The lowest BCUT2D eigenvalue weighted by molar-refractivity contribution is 0.332. The Morgan fingerprint density at radius 1 is 1.06 bits per heavy atom. The van der Waals surface area contributed by atoms with E-state index >= 15 is 0 Å². The van der Waals surface area contributed by atoms with Crippen LogP contribution in [0.2, 0.25) is 0 Å². The number of hydrogen-bond donors (Lipinski definition) is 1. The average molecular weight is 253 g/mol. The number of benzene rings is 1. The van der Waals surface area contributed by atoms with Gasteiger partial charge < -0.3 is 0 Å². The molecule has 1 fully saturated rings. The first-order valence-corrected chi connectivity index (χ1v) is 7.63. The van der Waals surface area contributed by atoms with E-state index in [4.69, 9.17) is 0 Å². The molecule has 0 heterocycles. The Bertz CT molecular complexity index is 448. The fraction of sp³-hybridized carbons (Fsp3) is 0.538. The SMILES string of the molecule is CC1CCC(NS(=O)(=O)c2ccccc2)CC1. The van der Waals surface area contributed by atoms with E-state index in [1.54, 1.807) is 24.3 Å². The van der Waals surface area contributed by atoms with Gasteiger partial charge in [0.05, 0.1) is 4.90 Å². The molecule has 4 heteroatoms. The Labute approximate surface area is 103 Å². The lowest BCUT2D eigenvalue weighted by Crippen LogP contribution is -2.37. The summed E-state index contributed by atoms with van der Waals surface area (Å²) in [7, 11) is -3.33. The summed E-state index contributed by atoms with van der Waals surface area (Å²) < 4.78 is 26.9. The molecule has 0 unspecified atom stereocenters. The Hall–Kier alpha value is -0.870. The van der Waals surface area contributed by atoms with Crippen LogP contribution < -0.4 is 4.72 Å². The van der Waals surface area contributed by atoms with Gasteiger partial charge in [-0.05, 0) is 43.7 Å². The maximum atomic E-state index is 12.1. The molecule has 2 rings (SSSR count). The second-order valence-electron chi connectivity index (χ2n) is 4.89. The highest BCUT2D eigenvalue weighted by Gasteiger charge is 2.23. The van der Waals surface area contributed by atoms with Crippen LogP contribution in [0.3, 0.4) is 0 Å². The first-order chi connectivity index (χ1) is 8.08. The van der Waals surface area contributed by atoms with Gasteiger partial charge >= 0.3 is 0 Å². The van der Waals surface area contributed by atoms with Gasteiger partial charge in [0, 0.05) is 6.04 Å². The standard InChI is InChI=1S/C13H19NO2S/c1-11-7-9-12(10-8-11)14-17(15,16)13-5-3-2-4-6-13/h2-6,11-12,14H,7-10H2,1H3. The molecule has 94 valence electrons. The number of sulfonamides is 1. The van der Waals surface area contributed by atoms with E-state index in [0.717, 1.165) is 31.6 Å². The summed E-state index contributed by atoms with van der Waals surface area (Å²) in [5, 5.41) is 0. The Kier molecular flexibility index (Phi) is 3.84. The molecule has 1 aromatic rings. The first kappa shape index (κ1) is 12.6. The van der Waals surface area contributed by atoms with Crippen molar-refractivity contribution in [3.05, 3.63) is 30.3 Å². The van der Waals surface area contributed by atoms with Crippen LogP contribution in [0.25, 0.3) is 0 Å². The smallest absolute Gasteiger partial charge is 0.208 e. The summed E-state index contributed by atoms with van der Waals surface area (Å²) in [5.41, 5.74) is 0. The molecule has 1 aliphatic carbocycles. The van der Waals surface area contributed by atoms with Gasteiger partial charge in [-0.25, -0.2) is 13.1 Å². The molecule has 0 aliphatic heterocycles. The van der Waals surface area contributed by atoms with Gasteiger partial charge in [0.15, 0.2) is 0 Å². The van der Waals surface area contributed by atoms with Crippen LogP contribution >= 0.6 is 0 Å². The lowest BCUT2D eigenvalue weighted by atomic mass is 9.88. The highest BCUT2D eigenvalue weighted by atomic mass is 32.2. The molecule has 1 N–H and O–H groups in total. The zero-order chi connectivity index (χ0) is 12.3. The van der Waals surface area contributed by atoms with Gasteiger partial charge in [-0.3, -0.25) is 0 Å². The third-order valence-electron chi connectivity index (χ3n) is 3.39. The zero-order valence-electron chi connectivity index (χ0n) is 10.1. The Balaban J connectivity index is 2.03. The Morgan fingerprint density at radius 2 is 1.65 bits per heavy atom. The average Bonchev–Trinajstić information content (AvgIpc) is 2.33. The van der Waals surface area contributed by atoms with Crippen molar-refractivity contribution in [1.82, 2.24) is 4.72 Å². The lowest BCUT2D eigenvalue weighted by Gasteiger charge is -2.26. The van der Waals surface area contributed by atoms with Crippen molar-refractivity contribution in [1.29, 1.82) is 0 Å². The third kappa shape index (κ3) is 3.30. The molecule has 0 aromatic heterocycles. The molecular formula is C13H19NO2S. The Morgan fingerprint density at radius 3 is 2.24 bits per heavy atom. The van der Waals surface area contributed by atoms with Crippen LogP contribution in [0.15, 0.2) is 35.2 Å². The van der Waals surface area contributed by atoms with Crippen LogP contribution in [0.4, 0.5) is 0 Å². The molecule has 0 saturated heterocycles. The molecule has 1 aromatic carbocycles. The van der Waals surface area contributed by atoms with Crippen molar-refractivity contribution < 1.29 is 8.42 Å². The van der Waals surface area contributed by atoms with Crippen LogP contribution in [0.1, 0.15) is 32.6 Å². The minimum Gasteiger partial charge on any atom is -0.208 e. The zero-order valence-corrected chi connectivity index (χ0v) is 10.9. The maximum absolute atomic E-state index is 12.1. The molecule has 1 aliphatic rings. The number of hydrogen-bond acceptors (Lipinski definition) is 2. The topological polar surface area (TPSA) is 46.2 Å². The second kappa shape index (κ2) is 5.19. The fourth-order valence-electron chi connectivity index (χ4n) is 2.27. The normalized spacial score (nSPS) is 25.7. The van der Waals surface area contributed by atoms with Gasteiger partial charge in [-0.1, -0.05) is 25.1 Å². The summed E-state index contributed by atoms with van der Waals surface area (Å²) in [6.07, 6.45) is 4.13. The van der Waals surface area contributed by atoms with Crippen molar-refractivity contribution in [2.45, 2.75) is 43.5 Å². The van der Waals surface area contributed by atoms with Gasteiger partial charge in [0.2, 0.25) is 10.0 Å². The van der Waals surface area contributed by atoms with E-state index in [0.29, 0.717) is 4.90 Å². The summed E-state index contributed by atoms with van der Waals surface area (Å²) in [4.78, 5) is 0.360. The van der Waals surface area contributed by atoms with E-state index in [-0.39, 0.29) is 6.04 Å². The summed E-state index contributed by atoms with van der Waals surface area (Å²) in [6.45, 7) is 2.22. The quantitative estimate of drug-likeness (QED) is 0.899. The van der Waals surface area contributed by atoms with Gasteiger partial charge in [0.1, 0.15) is 0 Å². The van der Waals surface area contributed by atoms with Gasteiger partial charge in [-0.15, -0.1) is 0 Å². The largest absolute Gasteiger partial charge is 0.240 e. The number of rotatable bonds is 3. The fourth-order valence-corrected chi connectivity index (χ4v) is 3.59. The maximum Gasteiger partial charge on any atom is 0.240 e. The van der Waals surface area contributed by atoms with Crippen molar-refractivity contribution in [3.8, 4) is 0 Å². The van der Waals surface area contributed by atoms with Crippen molar-refractivity contribution in [2.75, 3.05) is 0 Å². The molecule has 0 atom stereocenters.